The van der Waals surface area contributed by atoms with Crippen LogP contribution in [0.2, 0.25) is 0 Å². The summed E-state index contributed by atoms with van der Waals surface area (Å²) in [5.41, 5.74) is 4.25. The highest BCUT2D eigenvalue weighted by molar-refractivity contribution is 6.35. The van der Waals surface area contributed by atoms with Crippen molar-refractivity contribution in [1.29, 1.82) is 0 Å². The number of nitrogens with one attached hydrogen (secondary N) is 1. The van der Waals surface area contributed by atoms with Crippen molar-refractivity contribution in [2.45, 2.75) is 26.9 Å². The number of carbonyl (C=O) groups is 3. The fraction of sp³-hybridized carbons (Fsp3) is 0.318. The molecule has 1 heterocycles. The third-order valence-corrected chi connectivity index (χ3v) is 4.96. The van der Waals surface area contributed by atoms with E-state index in [2.05, 4.69) is 5.32 Å². The number of amides is 3. The van der Waals surface area contributed by atoms with Crippen molar-refractivity contribution in [2.24, 2.45) is 0 Å². The van der Waals surface area contributed by atoms with Gasteiger partial charge in [-0.25, -0.2) is 0 Å². The molecule has 1 aliphatic heterocycles. The van der Waals surface area contributed by atoms with Gasteiger partial charge in [-0.2, -0.15) is 0 Å². The third kappa shape index (κ3) is 4.76. The molecule has 1 fully saturated rings. The van der Waals surface area contributed by atoms with Crippen LogP contribution in [0.4, 0.5) is 0 Å². The Hall–Kier alpha value is -3.15. The molecule has 0 saturated carbocycles. The molecule has 2 aromatic carbocycles. The fourth-order valence-electron chi connectivity index (χ4n) is 3.15. The number of benzene rings is 2. The summed E-state index contributed by atoms with van der Waals surface area (Å²) in [6.07, 6.45) is 0. The van der Waals surface area contributed by atoms with Gasteiger partial charge in [-0.1, -0.05) is 54.1 Å². The first-order valence-electron chi connectivity index (χ1n) is 9.39. The van der Waals surface area contributed by atoms with E-state index >= 15 is 0 Å². The number of hydrogen-bond acceptors (Lipinski definition) is 3. The molecule has 0 spiro atoms. The van der Waals surface area contributed by atoms with Crippen LogP contribution in [0.5, 0.6) is 0 Å². The van der Waals surface area contributed by atoms with Crippen molar-refractivity contribution < 1.29 is 14.4 Å². The summed E-state index contributed by atoms with van der Waals surface area (Å²) in [6, 6.07) is 15.7. The Morgan fingerprint density at radius 2 is 1.57 bits per heavy atom. The highest BCUT2D eigenvalue weighted by atomic mass is 16.2. The van der Waals surface area contributed by atoms with Crippen LogP contribution in [0.3, 0.4) is 0 Å². The molecule has 0 atom stereocenters. The second-order valence-electron chi connectivity index (χ2n) is 7.14. The van der Waals surface area contributed by atoms with E-state index < -0.39 is 11.8 Å². The first kappa shape index (κ1) is 19.6. The van der Waals surface area contributed by atoms with Gasteiger partial charge in [-0.15, -0.1) is 0 Å². The molecule has 0 aromatic heterocycles. The summed E-state index contributed by atoms with van der Waals surface area (Å²) in [4.78, 5) is 39.9. The van der Waals surface area contributed by atoms with Crippen LogP contribution >= 0.6 is 0 Å². The van der Waals surface area contributed by atoms with Gasteiger partial charge in [0, 0.05) is 26.2 Å². The van der Waals surface area contributed by atoms with Gasteiger partial charge in [-0.05, 0) is 30.5 Å². The molecule has 0 bridgehead atoms. The third-order valence-electron chi connectivity index (χ3n) is 4.96. The normalized spacial score (nSPS) is 14.4. The van der Waals surface area contributed by atoms with Gasteiger partial charge < -0.3 is 15.1 Å². The van der Waals surface area contributed by atoms with Gasteiger partial charge >= 0.3 is 11.8 Å². The monoisotopic (exact) mass is 379 g/mol. The maximum absolute atomic E-state index is 12.4. The van der Waals surface area contributed by atoms with Gasteiger partial charge in [-0.3, -0.25) is 14.4 Å². The molecule has 1 N–H and O–H groups in total. The lowest BCUT2D eigenvalue weighted by atomic mass is 10.1. The van der Waals surface area contributed by atoms with E-state index in [1.807, 2.05) is 62.4 Å². The molecule has 1 aliphatic rings. The van der Waals surface area contributed by atoms with E-state index in [-0.39, 0.29) is 12.5 Å². The molecule has 0 radical (unpaired) electrons. The van der Waals surface area contributed by atoms with Crippen molar-refractivity contribution in [3.05, 3.63) is 70.8 Å². The highest BCUT2D eigenvalue weighted by Gasteiger charge is 2.33. The summed E-state index contributed by atoms with van der Waals surface area (Å²) in [5.74, 6) is -1.44. The number of piperazine rings is 1. The van der Waals surface area contributed by atoms with Gasteiger partial charge in [0.25, 0.3) is 0 Å². The van der Waals surface area contributed by atoms with Crippen LogP contribution in [0, 0.1) is 13.8 Å². The first-order chi connectivity index (χ1) is 13.4. The van der Waals surface area contributed by atoms with E-state index in [0.29, 0.717) is 26.2 Å². The molecule has 3 amide bonds. The topological polar surface area (TPSA) is 69.7 Å². The smallest absolute Gasteiger partial charge is 0.312 e. The number of hydrogen-bond donors (Lipinski definition) is 1. The quantitative estimate of drug-likeness (QED) is 0.778. The number of aryl methyl sites for hydroxylation is 2. The van der Waals surface area contributed by atoms with Crippen LogP contribution in [-0.2, 0) is 27.5 Å². The largest absolute Gasteiger partial charge is 0.350 e. The second kappa shape index (κ2) is 8.69. The van der Waals surface area contributed by atoms with Crippen LogP contribution < -0.4 is 5.32 Å². The summed E-state index contributed by atoms with van der Waals surface area (Å²) in [7, 11) is 0. The molecule has 6 heteroatoms. The van der Waals surface area contributed by atoms with Gasteiger partial charge in [0.05, 0.1) is 0 Å². The Kier molecular flexibility index (Phi) is 6.09. The Morgan fingerprint density at radius 1 is 0.929 bits per heavy atom. The van der Waals surface area contributed by atoms with Gasteiger partial charge in [0.2, 0.25) is 5.91 Å². The fourth-order valence-corrected chi connectivity index (χ4v) is 3.15. The van der Waals surface area contributed by atoms with E-state index in [1.165, 1.54) is 4.90 Å². The molecule has 3 rings (SSSR count). The van der Waals surface area contributed by atoms with E-state index in [1.54, 1.807) is 4.90 Å². The van der Waals surface area contributed by atoms with E-state index in [4.69, 9.17) is 0 Å². The molecule has 1 saturated heterocycles. The lowest BCUT2D eigenvalue weighted by Gasteiger charge is -2.33. The zero-order valence-corrected chi connectivity index (χ0v) is 16.3. The van der Waals surface area contributed by atoms with Gasteiger partial charge in [0.15, 0.2) is 0 Å². The molecule has 2 aromatic rings. The summed E-state index contributed by atoms with van der Waals surface area (Å²) >= 11 is 0. The lowest BCUT2D eigenvalue weighted by molar-refractivity contribution is -0.157. The minimum absolute atomic E-state index is 0.103. The average molecular weight is 379 g/mol. The van der Waals surface area contributed by atoms with Crippen LogP contribution in [0.25, 0.3) is 0 Å². The molecular weight excluding hydrogens is 354 g/mol. The zero-order valence-electron chi connectivity index (χ0n) is 16.3. The highest BCUT2D eigenvalue weighted by Crippen LogP contribution is 2.14. The molecule has 146 valence electrons. The first-order valence-corrected chi connectivity index (χ1v) is 9.39. The zero-order chi connectivity index (χ0) is 20.1. The Morgan fingerprint density at radius 3 is 2.29 bits per heavy atom. The summed E-state index contributed by atoms with van der Waals surface area (Å²) in [5, 5.41) is 2.80. The van der Waals surface area contributed by atoms with E-state index in [9.17, 15) is 14.4 Å². The van der Waals surface area contributed by atoms with Crippen molar-refractivity contribution in [1.82, 2.24) is 15.1 Å². The Balaban J connectivity index is 1.52. The predicted molar refractivity (Wildman–Crippen MR) is 106 cm³/mol. The Labute approximate surface area is 165 Å². The minimum atomic E-state index is -0.620. The maximum atomic E-state index is 12.4. The molecule has 6 nitrogen and oxygen atoms in total. The molecule has 0 unspecified atom stereocenters. The van der Waals surface area contributed by atoms with Crippen molar-refractivity contribution in [3.8, 4) is 0 Å². The van der Waals surface area contributed by atoms with Crippen LogP contribution in [0.1, 0.15) is 22.3 Å². The van der Waals surface area contributed by atoms with Gasteiger partial charge in [0.1, 0.15) is 6.54 Å². The number of nitrogens with zero attached hydrogens (tertiary/aromatic N) is 2. The van der Waals surface area contributed by atoms with Crippen molar-refractivity contribution >= 4 is 17.7 Å². The minimum Gasteiger partial charge on any atom is -0.350 e. The standard InChI is InChI=1S/C22H25N3O3/c1-16-7-9-18(10-8-16)13-23-20(26)15-25-12-11-24(21(27)22(25)28)14-19-6-4-3-5-17(19)2/h3-10H,11-15H2,1-2H3,(H,23,26). The average Bonchev–Trinajstić information content (AvgIpc) is 2.69. The second-order valence-corrected chi connectivity index (χ2v) is 7.14. The molecular formula is C22H25N3O3. The summed E-state index contributed by atoms with van der Waals surface area (Å²) < 4.78 is 0. The van der Waals surface area contributed by atoms with Crippen LogP contribution in [0.15, 0.2) is 48.5 Å². The van der Waals surface area contributed by atoms with Crippen LogP contribution in [-0.4, -0.2) is 47.2 Å². The maximum Gasteiger partial charge on any atom is 0.312 e. The molecule has 0 aliphatic carbocycles. The van der Waals surface area contributed by atoms with Crippen molar-refractivity contribution in [2.75, 3.05) is 19.6 Å². The van der Waals surface area contributed by atoms with Crippen molar-refractivity contribution in [3.63, 3.8) is 0 Å². The summed E-state index contributed by atoms with van der Waals surface area (Å²) in [6.45, 7) is 5.46. The molecule has 28 heavy (non-hydrogen) atoms. The number of carbonyl (C=O) groups excluding carboxylic acids is 3. The van der Waals surface area contributed by atoms with E-state index in [0.717, 1.165) is 22.3 Å². The number of rotatable bonds is 6. The predicted octanol–water partition coefficient (Wildman–Crippen LogP) is 1.79. The lowest BCUT2D eigenvalue weighted by Crippen LogP contribution is -2.55. The Bertz CT molecular complexity index is 877. The SMILES string of the molecule is Cc1ccc(CNC(=O)CN2CCN(Cc3ccccc3C)C(=O)C2=O)cc1.